The Kier molecular flexibility index (Phi) is 11.0. The lowest BCUT2D eigenvalue weighted by molar-refractivity contribution is -0.115. The van der Waals surface area contributed by atoms with E-state index in [0.717, 1.165) is 4.90 Å². The predicted octanol–water partition coefficient (Wildman–Crippen LogP) is 8.83. The largest absolute Gasteiger partial charge is 0.324 e. The molecule has 1 unspecified atom stereocenters. The van der Waals surface area contributed by atoms with Crippen molar-refractivity contribution < 1.29 is 14.4 Å². The Labute approximate surface area is 267 Å². The molecule has 0 aliphatic rings. The second-order valence-electron chi connectivity index (χ2n) is 8.90. The second kappa shape index (κ2) is 14.6. The van der Waals surface area contributed by atoms with E-state index in [2.05, 4.69) is 16.0 Å². The van der Waals surface area contributed by atoms with Crippen molar-refractivity contribution in [1.82, 2.24) is 5.32 Å². The van der Waals surface area contributed by atoms with Gasteiger partial charge in [0.2, 0.25) is 5.91 Å². The maximum atomic E-state index is 13.4. The maximum absolute atomic E-state index is 13.4. The van der Waals surface area contributed by atoms with E-state index in [0.29, 0.717) is 42.6 Å². The lowest BCUT2D eigenvalue weighted by Crippen LogP contribution is -2.30. The highest BCUT2D eigenvalue weighted by atomic mass is 35.5. The Bertz CT molecular complexity index is 1660. The van der Waals surface area contributed by atoms with Crippen molar-refractivity contribution >= 4 is 93.3 Å². The molecule has 4 rings (SSSR count). The lowest BCUT2D eigenvalue weighted by atomic mass is 10.1. The van der Waals surface area contributed by atoms with Crippen LogP contribution in [0, 0.1) is 0 Å². The average Bonchev–Trinajstić information content (AvgIpc) is 2.96. The fourth-order valence-electron chi connectivity index (χ4n) is 3.65. The monoisotopic (exact) mass is 657 g/mol. The molecule has 3 N–H and O–H groups in total. The number of benzene rings is 4. The quantitative estimate of drug-likeness (QED) is 0.124. The van der Waals surface area contributed by atoms with Gasteiger partial charge in [0.25, 0.3) is 11.8 Å². The van der Waals surface area contributed by atoms with E-state index in [1.807, 2.05) is 6.07 Å². The highest BCUT2D eigenvalue weighted by Crippen LogP contribution is 2.30. The zero-order chi connectivity index (χ0) is 30.2. The molecule has 4 aromatic carbocycles. The van der Waals surface area contributed by atoms with Crippen LogP contribution in [0.2, 0.25) is 20.1 Å². The standard InChI is InChI=1S/C31H23Cl4N3O3S/c1-18(29(39)37-27-16-22(33)12-13-25(27)34)42-24-9-5-8-23(17-24)36-31(41)28(14-20-10-11-21(32)15-26(20)35)38-30(40)19-6-3-2-4-7-19/h2-18H,1H3,(H,36,41)(H,37,39)(H,38,40)/b28-14+. The highest BCUT2D eigenvalue weighted by molar-refractivity contribution is 8.00. The van der Waals surface area contributed by atoms with E-state index in [1.54, 1.807) is 91.9 Å². The van der Waals surface area contributed by atoms with Crippen LogP contribution < -0.4 is 16.0 Å². The molecule has 0 heterocycles. The van der Waals surface area contributed by atoms with E-state index in [4.69, 9.17) is 46.4 Å². The van der Waals surface area contributed by atoms with Crippen molar-refractivity contribution in [2.24, 2.45) is 0 Å². The normalized spacial score (nSPS) is 11.9. The summed E-state index contributed by atoms with van der Waals surface area (Å²) < 4.78 is 0. The van der Waals surface area contributed by atoms with Crippen molar-refractivity contribution in [2.45, 2.75) is 17.1 Å². The number of hydrogen-bond acceptors (Lipinski definition) is 4. The molecule has 0 aliphatic carbocycles. The summed E-state index contributed by atoms with van der Waals surface area (Å²) in [4.78, 5) is 39.9. The van der Waals surface area contributed by atoms with Gasteiger partial charge in [0.15, 0.2) is 0 Å². The molecule has 0 aliphatic heterocycles. The van der Waals surface area contributed by atoms with Gasteiger partial charge in [0, 0.05) is 31.2 Å². The Morgan fingerprint density at radius 1 is 0.762 bits per heavy atom. The van der Waals surface area contributed by atoms with Crippen LogP contribution in [0.3, 0.4) is 0 Å². The molecule has 42 heavy (non-hydrogen) atoms. The molecule has 214 valence electrons. The van der Waals surface area contributed by atoms with Crippen LogP contribution in [-0.2, 0) is 9.59 Å². The number of amides is 3. The molecule has 0 radical (unpaired) electrons. The summed E-state index contributed by atoms with van der Waals surface area (Å²) in [5.41, 5.74) is 1.71. The number of rotatable bonds is 9. The first-order valence-corrected chi connectivity index (χ1v) is 14.9. The van der Waals surface area contributed by atoms with Gasteiger partial charge in [0.1, 0.15) is 5.70 Å². The minimum absolute atomic E-state index is 0.0303. The lowest BCUT2D eigenvalue weighted by Gasteiger charge is -2.15. The van der Waals surface area contributed by atoms with Gasteiger partial charge in [-0.3, -0.25) is 14.4 Å². The van der Waals surface area contributed by atoms with E-state index in [9.17, 15) is 14.4 Å². The van der Waals surface area contributed by atoms with Crippen LogP contribution in [0.4, 0.5) is 11.4 Å². The summed E-state index contributed by atoms with van der Waals surface area (Å²) in [6, 6.07) is 25.1. The zero-order valence-corrected chi connectivity index (χ0v) is 25.8. The summed E-state index contributed by atoms with van der Waals surface area (Å²) in [7, 11) is 0. The van der Waals surface area contributed by atoms with Crippen molar-refractivity contribution in [3.8, 4) is 0 Å². The van der Waals surface area contributed by atoms with Crippen LogP contribution in [0.5, 0.6) is 0 Å². The number of carbonyl (C=O) groups is 3. The van der Waals surface area contributed by atoms with Crippen molar-refractivity contribution in [2.75, 3.05) is 10.6 Å². The molecule has 0 fully saturated rings. The number of anilines is 2. The van der Waals surface area contributed by atoms with Crippen LogP contribution in [0.1, 0.15) is 22.8 Å². The molecule has 3 amide bonds. The van der Waals surface area contributed by atoms with E-state index in [-0.39, 0.29) is 11.6 Å². The third-order valence-corrected chi connectivity index (χ3v) is 7.97. The van der Waals surface area contributed by atoms with Crippen LogP contribution in [-0.4, -0.2) is 23.0 Å². The predicted molar refractivity (Wildman–Crippen MR) is 174 cm³/mol. The topological polar surface area (TPSA) is 87.3 Å². The first kappa shape index (κ1) is 31.5. The molecule has 0 aromatic heterocycles. The highest BCUT2D eigenvalue weighted by Gasteiger charge is 2.18. The average molecular weight is 659 g/mol. The first-order valence-electron chi connectivity index (χ1n) is 12.5. The first-order chi connectivity index (χ1) is 20.1. The summed E-state index contributed by atoms with van der Waals surface area (Å²) in [6.45, 7) is 1.75. The van der Waals surface area contributed by atoms with Gasteiger partial charge in [-0.2, -0.15) is 0 Å². The van der Waals surface area contributed by atoms with Gasteiger partial charge in [-0.25, -0.2) is 0 Å². The molecule has 0 spiro atoms. The Hall–Kier alpha value is -3.46. The summed E-state index contributed by atoms with van der Waals surface area (Å²) in [5, 5.41) is 9.34. The number of halogens is 4. The van der Waals surface area contributed by atoms with Gasteiger partial charge in [-0.15, -0.1) is 11.8 Å². The molecule has 0 saturated heterocycles. The van der Waals surface area contributed by atoms with Gasteiger partial charge < -0.3 is 16.0 Å². The summed E-state index contributed by atoms with van der Waals surface area (Å²) in [5.74, 6) is -1.31. The number of carbonyl (C=O) groups excluding carboxylic acids is 3. The van der Waals surface area contributed by atoms with Crippen molar-refractivity contribution in [3.05, 3.63) is 128 Å². The minimum atomic E-state index is -0.575. The molecule has 0 saturated carbocycles. The van der Waals surface area contributed by atoms with Crippen molar-refractivity contribution in [1.29, 1.82) is 0 Å². The van der Waals surface area contributed by atoms with Crippen LogP contribution in [0.15, 0.2) is 102 Å². The van der Waals surface area contributed by atoms with Crippen molar-refractivity contribution in [3.63, 3.8) is 0 Å². The molecular formula is C31H23Cl4N3O3S. The Morgan fingerprint density at radius 3 is 2.21 bits per heavy atom. The Morgan fingerprint density at radius 2 is 1.48 bits per heavy atom. The van der Waals surface area contributed by atoms with E-state index >= 15 is 0 Å². The number of thioether (sulfide) groups is 1. The molecular weight excluding hydrogens is 636 g/mol. The third kappa shape index (κ3) is 8.77. The summed E-state index contributed by atoms with van der Waals surface area (Å²) >= 11 is 25.8. The molecule has 4 aromatic rings. The van der Waals surface area contributed by atoms with Gasteiger partial charge >= 0.3 is 0 Å². The fourth-order valence-corrected chi connectivity index (χ4v) is 5.37. The second-order valence-corrected chi connectivity index (χ2v) is 12.0. The summed E-state index contributed by atoms with van der Waals surface area (Å²) in [6.07, 6.45) is 1.47. The molecule has 1 atom stereocenters. The van der Waals surface area contributed by atoms with E-state index in [1.165, 1.54) is 17.8 Å². The van der Waals surface area contributed by atoms with E-state index < -0.39 is 17.1 Å². The molecule has 0 bridgehead atoms. The van der Waals surface area contributed by atoms with Gasteiger partial charge in [-0.05, 0) is 79.2 Å². The number of hydrogen-bond donors (Lipinski definition) is 3. The number of nitrogens with one attached hydrogen (secondary N) is 3. The zero-order valence-electron chi connectivity index (χ0n) is 22.0. The third-order valence-electron chi connectivity index (χ3n) is 5.75. The van der Waals surface area contributed by atoms with Gasteiger partial charge in [0.05, 0.1) is 16.0 Å². The minimum Gasteiger partial charge on any atom is -0.324 e. The molecule has 6 nitrogen and oxygen atoms in total. The van der Waals surface area contributed by atoms with Crippen LogP contribution >= 0.6 is 58.2 Å². The SMILES string of the molecule is CC(Sc1cccc(NC(=O)/C(=C\c2ccc(Cl)cc2Cl)NC(=O)c2ccccc2)c1)C(=O)Nc1cc(Cl)ccc1Cl. The smallest absolute Gasteiger partial charge is 0.272 e. The molecule has 11 heteroatoms. The maximum Gasteiger partial charge on any atom is 0.272 e. The van der Waals surface area contributed by atoms with Crippen LogP contribution in [0.25, 0.3) is 6.08 Å². The fraction of sp³-hybridized carbons (Fsp3) is 0.0645. The van der Waals surface area contributed by atoms with Gasteiger partial charge in [-0.1, -0.05) is 76.7 Å². The Balaban J connectivity index is 1.50.